The van der Waals surface area contributed by atoms with Crippen LogP contribution >= 0.6 is 23.4 Å². The van der Waals surface area contributed by atoms with Gasteiger partial charge in [-0.15, -0.1) is 0 Å². The van der Waals surface area contributed by atoms with Crippen molar-refractivity contribution in [1.29, 1.82) is 0 Å². The normalized spacial score (nSPS) is 16.7. The molecule has 0 saturated heterocycles. The second-order valence-electron chi connectivity index (χ2n) is 6.18. The summed E-state index contributed by atoms with van der Waals surface area (Å²) in [4.78, 5) is 19.2. The molecular formula is C21H19ClN2O3S. The van der Waals surface area contributed by atoms with Crippen LogP contribution in [0.4, 0.5) is 11.4 Å². The zero-order valence-electron chi connectivity index (χ0n) is 15.6. The lowest BCUT2D eigenvalue weighted by Crippen LogP contribution is -2.10. The van der Waals surface area contributed by atoms with E-state index >= 15 is 0 Å². The summed E-state index contributed by atoms with van der Waals surface area (Å²) in [5.74, 6) is -0.804. The first-order valence-corrected chi connectivity index (χ1v) is 9.62. The van der Waals surface area contributed by atoms with Crippen LogP contribution in [0.1, 0.15) is 5.56 Å². The third-order valence-electron chi connectivity index (χ3n) is 4.06. The Hall–Kier alpha value is -2.70. The van der Waals surface area contributed by atoms with Gasteiger partial charge in [0.25, 0.3) is 0 Å². The number of benzene rings is 2. The second kappa shape index (κ2) is 8.54. The summed E-state index contributed by atoms with van der Waals surface area (Å²) in [6.07, 6.45) is 1.80. The Bertz CT molecular complexity index is 995. The van der Waals surface area contributed by atoms with Gasteiger partial charge in [-0.3, -0.25) is 0 Å². The van der Waals surface area contributed by atoms with Crippen molar-refractivity contribution >= 4 is 51.8 Å². The number of halogens is 1. The van der Waals surface area contributed by atoms with Crippen LogP contribution in [0, 0.1) is 0 Å². The molecule has 7 heteroatoms. The Balaban J connectivity index is 2.01. The lowest BCUT2D eigenvalue weighted by Gasteiger charge is -2.11. The highest BCUT2D eigenvalue weighted by Crippen LogP contribution is 2.41. The van der Waals surface area contributed by atoms with Gasteiger partial charge in [0.1, 0.15) is 16.4 Å². The fraction of sp³-hybridized carbons (Fsp3) is 0.143. The highest BCUT2D eigenvalue weighted by atomic mass is 35.5. The molecule has 0 aromatic heterocycles. The number of hydrogen-bond acceptors (Lipinski definition) is 6. The van der Waals surface area contributed by atoms with Gasteiger partial charge in [0.2, 0.25) is 0 Å². The number of esters is 1. The van der Waals surface area contributed by atoms with Crippen molar-refractivity contribution in [3.05, 3.63) is 75.4 Å². The van der Waals surface area contributed by atoms with Crippen molar-refractivity contribution in [3.63, 3.8) is 0 Å². The number of aliphatic hydroxyl groups is 1. The van der Waals surface area contributed by atoms with Crippen molar-refractivity contribution in [2.75, 3.05) is 26.1 Å². The standard InChI is InChI=1S/C21H19ClN2O3S/c1-24(2)14-10-8-13(9-11-14)12-17-19(25)18(21(26)27-3)20(28-17)23-16-7-5-4-6-15(16)22/h4-12,25H,1-3H3. The average molecular weight is 415 g/mol. The Labute approximate surface area is 173 Å². The smallest absolute Gasteiger partial charge is 0.344 e. The van der Waals surface area contributed by atoms with Gasteiger partial charge in [-0.25, -0.2) is 9.79 Å². The maximum absolute atomic E-state index is 12.2. The number of hydrogen-bond donors (Lipinski definition) is 1. The number of ether oxygens (including phenoxy) is 1. The summed E-state index contributed by atoms with van der Waals surface area (Å²) in [6.45, 7) is 0. The SMILES string of the molecule is COC(=O)C1=C(O)C(=Cc2ccc(N(C)C)cc2)SC1=Nc1ccccc1Cl. The van der Waals surface area contributed by atoms with Crippen LogP contribution in [0.25, 0.3) is 6.08 Å². The van der Waals surface area contributed by atoms with Gasteiger partial charge in [-0.2, -0.15) is 0 Å². The molecule has 0 atom stereocenters. The van der Waals surface area contributed by atoms with Crippen LogP contribution in [0.5, 0.6) is 0 Å². The first-order chi connectivity index (χ1) is 13.4. The molecule has 0 aliphatic carbocycles. The molecule has 0 fully saturated rings. The van der Waals surface area contributed by atoms with E-state index in [1.807, 2.05) is 43.3 Å². The van der Waals surface area contributed by atoms with Crippen LogP contribution in [0.2, 0.25) is 5.02 Å². The number of rotatable bonds is 4. The monoisotopic (exact) mass is 414 g/mol. The van der Waals surface area contributed by atoms with E-state index in [-0.39, 0.29) is 11.3 Å². The van der Waals surface area contributed by atoms with Gasteiger partial charge >= 0.3 is 5.97 Å². The molecule has 2 aromatic rings. The molecule has 0 saturated carbocycles. The van der Waals surface area contributed by atoms with Gasteiger partial charge < -0.3 is 14.7 Å². The third-order valence-corrected chi connectivity index (χ3v) is 5.40. The Morgan fingerprint density at radius 2 is 1.86 bits per heavy atom. The van der Waals surface area contributed by atoms with Crippen molar-refractivity contribution in [3.8, 4) is 0 Å². The van der Waals surface area contributed by atoms with Crippen molar-refractivity contribution in [2.45, 2.75) is 0 Å². The highest BCUT2D eigenvalue weighted by molar-refractivity contribution is 8.18. The number of carbonyl (C=O) groups is 1. The summed E-state index contributed by atoms with van der Waals surface area (Å²) >= 11 is 7.37. The number of methoxy groups -OCH3 is 1. The van der Waals surface area contributed by atoms with Crippen molar-refractivity contribution in [2.24, 2.45) is 4.99 Å². The number of aliphatic imine (C=N–C) groups is 1. The quantitative estimate of drug-likeness (QED) is 0.696. The lowest BCUT2D eigenvalue weighted by atomic mass is 10.1. The van der Waals surface area contributed by atoms with E-state index in [1.54, 1.807) is 30.3 Å². The Morgan fingerprint density at radius 3 is 2.46 bits per heavy atom. The molecule has 0 unspecified atom stereocenters. The average Bonchev–Trinajstić information content (AvgIpc) is 2.98. The van der Waals surface area contributed by atoms with E-state index in [9.17, 15) is 9.90 Å². The maximum Gasteiger partial charge on any atom is 0.344 e. The van der Waals surface area contributed by atoms with E-state index < -0.39 is 5.97 Å². The lowest BCUT2D eigenvalue weighted by molar-refractivity contribution is -0.135. The minimum absolute atomic E-state index is 0.0311. The first kappa shape index (κ1) is 20.0. The van der Waals surface area contributed by atoms with Gasteiger partial charge in [0.15, 0.2) is 0 Å². The summed E-state index contributed by atoms with van der Waals surface area (Å²) in [5.41, 5.74) is 2.50. The molecule has 0 radical (unpaired) electrons. The molecule has 5 nitrogen and oxygen atoms in total. The van der Waals surface area contributed by atoms with Crippen molar-refractivity contribution < 1.29 is 14.6 Å². The molecule has 0 spiro atoms. The minimum Gasteiger partial charge on any atom is -0.506 e. The van der Waals surface area contributed by atoms with E-state index in [2.05, 4.69) is 4.99 Å². The third kappa shape index (κ3) is 4.24. The Kier molecular flexibility index (Phi) is 6.11. The molecule has 1 aliphatic heterocycles. The largest absolute Gasteiger partial charge is 0.506 e. The summed E-state index contributed by atoms with van der Waals surface area (Å²) in [6, 6.07) is 14.9. The molecule has 0 amide bonds. The maximum atomic E-state index is 12.2. The molecular weight excluding hydrogens is 396 g/mol. The Morgan fingerprint density at radius 1 is 1.18 bits per heavy atom. The number of carbonyl (C=O) groups excluding carboxylic acids is 1. The van der Waals surface area contributed by atoms with E-state index in [0.29, 0.717) is 20.7 Å². The second-order valence-corrected chi connectivity index (χ2v) is 7.62. The number of aliphatic hydroxyl groups excluding tert-OH is 1. The van der Waals surface area contributed by atoms with Crippen LogP contribution in [0.3, 0.4) is 0 Å². The van der Waals surface area contributed by atoms with E-state index in [1.165, 1.54) is 18.9 Å². The fourth-order valence-corrected chi connectivity index (χ4v) is 3.77. The van der Waals surface area contributed by atoms with Gasteiger partial charge in [-0.05, 0) is 35.9 Å². The number of nitrogens with zero attached hydrogens (tertiary/aromatic N) is 2. The summed E-state index contributed by atoms with van der Waals surface area (Å²) in [5, 5.41) is 11.4. The number of para-hydroxylation sites is 1. The molecule has 1 N–H and O–H groups in total. The molecule has 1 aliphatic rings. The van der Waals surface area contributed by atoms with Crippen LogP contribution in [0.15, 0.2) is 69.8 Å². The van der Waals surface area contributed by atoms with Gasteiger partial charge in [0.05, 0.1) is 22.7 Å². The molecule has 1 heterocycles. The predicted molar refractivity (Wildman–Crippen MR) is 117 cm³/mol. The van der Waals surface area contributed by atoms with Crippen LogP contribution in [-0.2, 0) is 9.53 Å². The topological polar surface area (TPSA) is 62.1 Å². The highest BCUT2D eigenvalue weighted by Gasteiger charge is 2.33. The number of thioether (sulfide) groups is 1. The summed E-state index contributed by atoms with van der Waals surface area (Å²) < 4.78 is 4.83. The van der Waals surface area contributed by atoms with Gasteiger partial charge in [0, 0.05) is 19.8 Å². The fourth-order valence-electron chi connectivity index (χ4n) is 2.56. The number of anilines is 1. The summed E-state index contributed by atoms with van der Waals surface area (Å²) in [7, 11) is 5.20. The molecule has 3 rings (SSSR count). The molecule has 28 heavy (non-hydrogen) atoms. The van der Waals surface area contributed by atoms with Crippen LogP contribution < -0.4 is 4.90 Å². The molecule has 2 aromatic carbocycles. The predicted octanol–water partition coefficient (Wildman–Crippen LogP) is 5.21. The first-order valence-electron chi connectivity index (χ1n) is 8.43. The van der Waals surface area contributed by atoms with Crippen molar-refractivity contribution in [1.82, 2.24) is 0 Å². The zero-order valence-corrected chi connectivity index (χ0v) is 17.2. The zero-order chi connectivity index (χ0) is 20.3. The van der Waals surface area contributed by atoms with E-state index in [0.717, 1.165) is 11.3 Å². The molecule has 0 bridgehead atoms. The van der Waals surface area contributed by atoms with E-state index in [4.69, 9.17) is 16.3 Å². The van der Waals surface area contributed by atoms with Crippen LogP contribution in [-0.4, -0.2) is 37.3 Å². The van der Waals surface area contributed by atoms with Gasteiger partial charge in [-0.1, -0.05) is 47.6 Å². The minimum atomic E-state index is -0.651. The molecule has 144 valence electrons.